The highest BCUT2D eigenvalue weighted by Crippen LogP contribution is 2.31. The molecule has 1 aliphatic carbocycles. The summed E-state index contributed by atoms with van der Waals surface area (Å²) in [6, 6.07) is 3.73. The first kappa shape index (κ1) is 14.2. The molecule has 0 aliphatic heterocycles. The largest absolute Gasteiger partial charge is 0.397 e. The first-order valence-electron chi connectivity index (χ1n) is 7.42. The fourth-order valence-corrected chi connectivity index (χ4v) is 3.05. The highest BCUT2D eigenvalue weighted by atomic mass is 19.1. The maximum Gasteiger partial charge on any atom is 0.128 e. The van der Waals surface area contributed by atoms with Crippen LogP contribution in [0.25, 0.3) is 0 Å². The third kappa shape index (κ3) is 3.62. The summed E-state index contributed by atoms with van der Waals surface area (Å²) in [5.41, 5.74) is 7.93. The van der Waals surface area contributed by atoms with Gasteiger partial charge in [-0.15, -0.1) is 0 Å². The third-order valence-electron chi connectivity index (χ3n) is 4.23. The zero-order chi connectivity index (χ0) is 13.8. The van der Waals surface area contributed by atoms with E-state index >= 15 is 0 Å². The standard InChI is InChI=1S/C16H25FN2/c1-3-4-12-5-7-13(8-6-12)19-16-9-11(2)14(17)10-15(16)18/h9-10,12-13,19H,3-8,18H2,1-2H3. The van der Waals surface area contributed by atoms with E-state index < -0.39 is 0 Å². The molecule has 0 bridgehead atoms. The van der Waals surface area contributed by atoms with Crippen molar-refractivity contribution in [1.29, 1.82) is 0 Å². The number of benzene rings is 1. The second-order valence-electron chi connectivity index (χ2n) is 5.84. The summed E-state index contributed by atoms with van der Waals surface area (Å²) in [6.07, 6.45) is 7.62. The van der Waals surface area contributed by atoms with Crippen LogP contribution >= 0.6 is 0 Å². The second kappa shape index (κ2) is 6.27. The normalized spacial score (nSPS) is 23.3. The van der Waals surface area contributed by atoms with Gasteiger partial charge in [-0.25, -0.2) is 4.39 Å². The smallest absolute Gasteiger partial charge is 0.128 e. The van der Waals surface area contributed by atoms with E-state index in [-0.39, 0.29) is 5.82 Å². The average Bonchev–Trinajstić information content (AvgIpc) is 2.38. The number of anilines is 2. The van der Waals surface area contributed by atoms with Gasteiger partial charge in [-0.1, -0.05) is 19.8 Å². The zero-order valence-corrected chi connectivity index (χ0v) is 12.0. The lowest BCUT2D eigenvalue weighted by Crippen LogP contribution is -2.26. The summed E-state index contributed by atoms with van der Waals surface area (Å²) in [6.45, 7) is 4.03. The van der Waals surface area contributed by atoms with E-state index in [1.54, 1.807) is 6.92 Å². The van der Waals surface area contributed by atoms with Gasteiger partial charge >= 0.3 is 0 Å². The van der Waals surface area contributed by atoms with Crippen LogP contribution in [-0.2, 0) is 0 Å². The van der Waals surface area contributed by atoms with Crippen LogP contribution in [0.2, 0.25) is 0 Å². The monoisotopic (exact) mass is 264 g/mol. The molecular weight excluding hydrogens is 239 g/mol. The summed E-state index contributed by atoms with van der Waals surface area (Å²) in [4.78, 5) is 0. The van der Waals surface area contributed by atoms with E-state index in [4.69, 9.17) is 5.73 Å². The SMILES string of the molecule is CCCC1CCC(Nc2cc(C)c(F)cc2N)CC1. The summed E-state index contributed by atoms with van der Waals surface area (Å²) in [5.74, 6) is 0.671. The third-order valence-corrected chi connectivity index (χ3v) is 4.23. The number of hydrogen-bond donors (Lipinski definition) is 2. The number of hydrogen-bond acceptors (Lipinski definition) is 2. The minimum atomic E-state index is -0.227. The van der Waals surface area contributed by atoms with Crippen molar-refractivity contribution in [2.24, 2.45) is 5.92 Å². The predicted octanol–water partition coefficient (Wildman–Crippen LogP) is 4.49. The number of nitrogens with one attached hydrogen (secondary N) is 1. The molecule has 0 saturated heterocycles. The molecule has 1 aromatic carbocycles. The minimum absolute atomic E-state index is 0.227. The molecule has 0 aromatic heterocycles. The maximum absolute atomic E-state index is 13.4. The predicted molar refractivity (Wildman–Crippen MR) is 79.8 cm³/mol. The molecule has 0 atom stereocenters. The Morgan fingerprint density at radius 3 is 2.58 bits per heavy atom. The zero-order valence-electron chi connectivity index (χ0n) is 12.0. The lowest BCUT2D eigenvalue weighted by atomic mass is 9.83. The van der Waals surface area contributed by atoms with Crippen LogP contribution in [0.5, 0.6) is 0 Å². The number of nitrogen functional groups attached to an aromatic ring is 1. The topological polar surface area (TPSA) is 38.0 Å². The van der Waals surface area contributed by atoms with Crippen LogP contribution in [0.1, 0.15) is 51.0 Å². The quantitative estimate of drug-likeness (QED) is 0.786. The fraction of sp³-hybridized carbons (Fsp3) is 0.625. The van der Waals surface area contributed by atoms with Gasteiger partial charge in [0, 0.05) is 6.04 Å². The van der Waals surface area contributed by atoms with Crippen LogP contribution in [0.3, 0.4) is 0 Å². The first-order valence-corrected chi connectivity index (χ1v) is 7.42. The lowest BCUT2D eigenvalue weighted by molar-refractivity contribution is 0.319. The van der Waals surface area contributed by atoms with Crippen molar-refractivity contribution in [1.82, 2.24) is 0 Å². The molecule has 1 fully saturated rings. The minimum Gasteiger partial charge on any atom is -0.397 e. The molecule has 0 radical (unpaired) electrons. The van der Waals surface area contributed by atoms with Gasteiger partial charge in [0.1, 0.15) is 5.82 Å². The van der Waals surface area contributed by atoms with Crippen molar-refractivity contribution in [2.75, 3.05) is 11.1 Å². The van der Waals surface area contributed by atoms with E-state index in [0.29, 0.717) is 17.3 Å². The Morgan fingerprint density at radius 2 is 1.95 bits per heavy atom. The Balaban J connectivity index is 1.94. The summed E-state index contributed by atoms with van der Waals surface area (Å²) >= 11 is 0. The van der Waals surface area contributed by atoms with Crippen LogP contribution < -0.4 is 11.1 Å². The van der Waals surface area contributed by atoms with E-state index in [1.165, 1.54) is 44.6 Å². The second-order valence-corrected chi connectivity index (χ2v) is 5.84. The van der Waals surface area contributed by atoms with E-state index in [1.807, 2.05) is 6.07 Å². The average molecular weight is 264 g/mol. The molecule has 0 amide bonds. The molecule has 1 aliphatic rings. The van der Waals surface area contributed by atoms with Gasteiger partial charge in [-0.05, 0) is 56.2 Å². The van der Waals surface area contributed by atoms with E-state index in [2.05, 4.69) is 12.2 Å². The van der Waals surface area contributed by atoms with Gasteiger partial charge < -0.3 is 11.1 Å². The van der Waals surface area contributed by atoms with Gasteiger partial charge in [0.25, 0.3) is 0 Å². The highest BCUT2D eigenvalue weighted by Gasteiger charge is 2.21. The van der Waals surface area contributed by atoms with Crippen LogP contribution in [0.15, 0.2) is 12.1 Å². The van der Waals surface area contributed by atoms with Crippen molar-refractivity contribution in [2.45, 2.75) is 58.4 Å². The molecular formula is C16H25FN2. The Labute approximate surface area is 115 Å². The van der Waals surface area contributed by atoms with Crippen molar-refractivity contribution < 1.29 is 4.39 Å². The van der Waals surface area contributed by atoms with Crippen molar-refractivity contribution in [3.05, 3.63) is 23.5 Å². The van der Waals surface area contributed by atoms with Crippen molar-refractivity contribution in [3.63, 3.8) is 0 Å². The molecule has 1 saturated carbocycles. The molecule has 0 unspecified atom stereocenters. The van der Waals surface area contributed by atoms with Crippen LogP contribution in [-0.4, -0.2) is 6.04 Å². The Hall–Kier alpha value is -1.25. The molecule has 3 N–H and O–H groups in total. The maximum atomic E-state index is 13.4. The highest BCUT2D eigenvalue weighted by molar-refractivity contribution is 5.67. The van der Waals surface area contributed by atoms with Crippen LogP contribution in [0, 0.1) is 18.7 Å². The molecule has 0 heterocycles. The van der Waals surface area contributed by atoms with Gasteiger partial charge in [-0.3, -0.25) is 0 Å². The van der Waals surface area contributed by atoms with Crippen LogP contribution in [0.4, 0.5) is 15.8 Å². The van der Waals surface area contributed by atoms with E-state index in [0.717, 1.165) is 11.6 Å². The Kier molecular flexibility index (Phi) is 4.67. The molecule has 0 spiro atoms. The summed E-state index contributed by atoms with van der Waals surface area (Å²) in [5, 5.41) is 3.49. The number of aryl methyl sites for hydroxylation is 1. The van der Waals surface area contributed by atoms with Gasteiger partial charge in [-0.2, -0.15) is 0 Å². The number of rotatable bonds is 4. The van der Waals surface area contributed by atoms with Gasteiger partial charge in [0.05, 0.1) is 11.4 Å². The molecule has 3 heteroatoms. The van der Waals surface area contributed by atoms with E-state index in [9.17, 15) is 4.39 Å². The summed E-state index contributed by atoms with van der Waals surface area (Å²) in [7, 11) is 0. The lowest BCUT2D eigenvalue weighted by Gasteiger charge is -2.30. The molecule has 2 rings (SSSR count). The molecule has 19 heavy (non-hydrogen) atoms. The summed E-state index contributed by atoms with van der Waals surface area (Å²) < 4.78 is 13.4. The fourth-order valence-electron chi connectivity index (χ4n) is 3.05. The van der Waals surface area contributed by atoms with Crippen molar-refractivity contribution in [3.8, 4) is 0 Å². The Bertz CT molecular complexity index is 423. The first-order chi connectivity index (χ1) is 9.10. The molecule has 1 aromatic rings. The number of halogens is 1. The van der Waals surface area contributed by atoms with Crippen molar-refractivity contribution >= 4 is 11.4 Å². The van der Waals surface area contributed by atoms with Gasteiger partial charge in [0.15, 0.2) is 0 Å². The molecule has 2 nitrogen and oxygen atoms in total. The number of nitrogens with two attached hydrogens (primary N) is 1. The Morgan fingerprint density at radius 1 is 1.26 bits per heavy atom. The van der Waals surface area contributed by atoms with Gasteiger partial charge in [0.2, 0.25) is 0 Å². The molecule has 106 valence electrons.